The molecule has 0 spiro atoms. The number of thiazole rings is 1. The van der Waals surface area contributed by atoms with E-state index in [1.165, 1.54) is 10.3 Å². The molecule has 3 aromatic rings. The number of aromatic nitrogens is 1. The van der Waals surface area contributed by atoms with Crippen LogP contribution in [0.1, 0.15) is 48.5 Å². The first-order valence-corrected chi connectivity index (χ1v) is 10.3. The number of hydrogen-bond acceptors (Lipinski definition) is 3. The number of rotatable bonds is 7. The molecular formula is C22H28N3OS+. The summed E-state index contributed by atoms with van der Waals surface area (Å²) < 4.78 is 1.20. The molecule has 4 nitrogen and oxygen atoms in total. The number of nitrogens with zero attached hydrogens (tertiary/aromatic N) is 1. The Hall–Kier alpha value is -2.24. The van der Waals surface area contributed by atoms with Gasteiger partial charge in [0.25, 0.3) is 5.91 Å². The van der Waals surface area contributed by atoms with Gasteiger partial charge >= 0.3 is 0 Å². The van der Waals surface area contributed by atoms with Gasteiger partial charge in [-0.15, -0.1) is 11.3 Å². The summed E-state index contributed by atoms with van der Waals surface area (Å²) >= 11 is 1.71. The van der Waals surface area contributed by atoms with Crippen LogP contribution in [0.2, 0.25) is 0 Å². The zero-order chi connectivity index (χ0) is 19.4. The number of para-hydroxylation sites is 1. The normalized spacial score (nSPS) is 14.7. The minimum Gasteiger partial charge on any atom is -0.344 e. The van der Waals surface area contributed by atoms with Crippen LogP contribution in [-0.4, -0.2) is 24.5 Å². The van der Waals surface area contributed by atoms with Gasteiger partial charge in [0.05, 0.1) is 23.3 Å². The number of benzene rings is 2. The number of carbonyl (C=O) groups excluding carboxylic acids is 1. The molecule has 2 aromatic carbocycles. The van der Waals surface area contributed by atoms with Gasteiger partial charge in [-0.3, -0.25) is 4.79 Å². The Morgan fingerprint density at radius 3 is 2.56 bits per heavy atom. The zero-order valence-electron chi connectivity index (χ0n) is 16.5. The number of fused-ring (bicyclic) bond motifs is 1. The second kappa shape index (κ2) is 8.63. The lowest BCUT2D eigenvalue weighted by Crippen LogP contribution is -3.10. The number of aryl methyl sites for hydroxylation is 1. The van der Waals surface area contributed by atoms with Crippen LogP contribution in [0.4, 0.5) is 0 Å². The van der Waals surface area contributed by atoms with Crippen LogP contribution in [0, 0.1) is 6.92 Å². The number of nitrogens with one attached hydrogen (secondary N) is 2. The highest BCUT2D eigenvalue weighted by Crippen LogP contribution is 2.24. The average molecular weight is 383 g/mol. The summed E-state index contributed by atoms with van der Waals surface area (Å²) in [6.45, 7) is 6.74. The van der Waals surface area contributed by atoms with Crippen LogP contribution in [0.25, 0.3) is 10.2 Å². The van der Waals surface area contributed by atoms with Gasteiger partial charge in [0.1, 0.15) is 6.04 Å². The fraction of sp³-hybridized carbons (Fsp3) is 0.364. The third-order valence-corrected chi connectivity index (χ3v) is 6.30. The lowest BCUT2D eigenvalue weighted by atomic mass is 10.0. The summed E-state index contributed by atoms with van der Waals surface area (Å²) in [4.78, 5) is 18.5. The lowest BCUT2D eigenvalue weighted by molar-refractivity contribution is -0.902. The molecule has 0 aliphatic heterocycles. The van der Waals surface area contributed by atoms with E-state index >= 15 is 0 Å². The molecule has 3 rings (SSSR count). The van der Waals surface area contributed by atoms with Crippen molar-refractivity contribution >= 4 is 27.5 Å². The first-order chi connectivity index (χ1) is 13.0. The Morgan fingerprint density at radius 1 is 1.19 bits per heavy atom. The van der Waals surface area contributed by atoms with Gasteiger partial charge in [0.15, 0.2) is 11.6 Å². The monoisotopic (exact) mass is 382 g/mol. The molecule has 0 radical (unpaired) electrons. The molecule has 1 unspecified atom stereocenters. The average Bonchev–Trinajstić information content (AvgIpc) is 3.10. The summed E-state index contributed by atoms with van der Waals surface area (Å²) in [6, 6.07) is 16.8. The van der Waals surface area contributed by atoms with Crippen LogP contribution in [0.5, 0.6) is 0 Å². The molecule has 0 saturated carbocycles. The van der Waals surface area contributed by atoms with E-state index in [0.29, 0.717) is 6.54 Å². The molecule has 1 aromatic heterocycles. The summed E-state index contributed by atoms with van der Waals surface area (Å²) in [5.41, 5.74) is 3.43. The molecule has 0 bridgehead atoms. The highest BCUT2D eigenvalue weighted by atomic mass is 32.1. The highest BCUT2D eigenvalue weighted by Gasteiger charge is 2.23. The summed E-state index contributed by atoms with van der Waals surface area (Å²) in [5, 5.41) is 4.27. The molecule has 0 aliphatic rings. The maximum absolute atomic E-state index is 12.6. The molecular weight excluding hydrogens is 354 g/mol. The molecule has 0 aliphatic carbocycles. The van der Waals surface area contributed by atoms with Crippen molar-refractivity contribution in [2.45, 2.75) is 39.3 Å². The fourth-order valence-corrected chi connectivity index (χ4v) is 4.27. The van der Waals surface area contributed by atoms with Crippen LogP contribution in [0.15, 0.2) is 48.5 Å². The van der Waals surface area contributed by atoms with Crippen molar-refractivity contribution in [2.24, 2.45) is 0 Å². The summed E-state index contributed by atoms with van der Waals surface area (Å²) in [6.07, 6.45) is 0.876. The van der Waals surface area contributed by atoms with Crippen molar-refractivity contribution in [1.82, 2.24) is 10.3 Å². The van der Waals surface area contributed by atoms with Gasteiger partial charge in [0.2, 0.25) is 0 Å². The third-order valence-electron chi connectivity index (χ3n) is 5.08. The second-order valence-electron chi connectivity index (χ2n) is 7.20. The fourth-order valence-electron chi connectivity index (χ4n) is 3.16. The topological polar surface area (TPSA) is 46.4 Å². The molecule has 142 valence electrons. The van der Waals surface area contributed by atoms with Gasteiger partial charge in [-0.05, 0) is 38.0 Å². The van der Waals surface area contributed by atoms with Crippen molar-refractivity contribution in [3.63, 3.8) is 0 Å². The SMILES string of the molecule is CC[C@@H](NC(=O)C[NH+](C)[C@@H](C)c1nc2ccccc2s1)c1ccc(C)cc1. The molecule has 5 heteroatoms. The maximum Gasteiger partial charge on any atom is 0.275 e. The van der Waals surface area contributed by atoms with E-state index in [9.17, 15) is 4.79 Å². The molecule has 1 amide bonds. The number of quaternary nitrogens is 1. The van der Waals surface area contributed by atoms with E-state index in [-0.39, 0.29) is 18.0 Å². The predicted molar refractivity (Wildman–Crippen MR) is 112 cm³/mol. The summed E-state index contributed by atoms with van der Waals surface area (Å²) in [7, 11) is 2.06. The predicted octanol–water partition coefficient (Wildman–Crippen LogP) is 3.45. The third kappa shape index (κ3) is 4.73. The number of hydrogen-bond donors (Lipinski definition) is 2. The van der Waals surface area contributed by atoms with E-state index < -0.39 is 0 Å². The van der Waals surface area contributed by atoms with Crippen molar-refractivity contribution in [2.75, 3.05) is 13.6 Å². The van der Waals surface area contributed by atoms with E-state index in [1.807, 2.05) is 18.2 Å². The Balaban J connectivity index is 1.62. The Kier molecular flexibility index (Phi) is 6.24. The second-order valence-corrected chi connectivity index (χ2v) is 8.27. The van der Waals surface area contributed by atoms with Crippen molar-refractivity contribution in [3.05, 3.63) is 64.7 Å². The molecule has 1 heterocycles. The molecule has 0 fully saturated rings. The Labute approximate surface area is 165 Å². The van der Waals surface area contributed by atoms with E-state index in [1.54, 1.807) is 11.3 Å². The Bertz CT molecular complexity index is 870. The minimum absolute atomic E-state index is 0.0589. The van der Waals surface area contributed by atoms with Crippen molar-refractivity contribution in [3.8, 4) is 0 Å². The van der Waals surface area contributed by atoms with Crippen molar-refractivity contribution < 1.29 is 9.69 Å². The van der Waals surface area contributed by atoms with Gasteiger partial charge in [-0.25, -0.2) is 4.98 Å². The largest absolute Gasteiger partial charge is 0.344 e. The van der Waals surface area contributed by atoms with Gasteiger partial charge in [0, 0.05) is 0 Å². The van der Waals surface area contributed by atoms with E-state index in [0.717, 1.165) is 27.4 Å². The van der Waals surface area contributed by atoms with Crippen LogP contribution in [-0.2, 0) is 4.79 Å². The van der Waals surface area contributed by atoms with Gasteiger partial charge in [-0.2, -0.15) is 0 Å². The van der Waals surface area contributed by atoms with Gasteiger partial charge < -0.3 is 10.2 Å². The molecule has 0 saturated heterocycles. The molecule has 3 atom stereocenters. The lowest BCUT2D eigenvalue weighted by Gasteiger charge is -2.22. The van der Waals surface area contributed by atoms with Crippen LogP contribution < -0.4 is 10.2 Å². The summed E-state index contributed by atoms with van der Waals surface area (Å²) in [5.74, 6) is 0.0767. The number of likely N-dealkylation sites (N-methyl/N-ethyl adjacent to an activating group) is 1. The Morgan fingerprint density at radius 2 is 1.89 bits per heavy atom. The van der Waals surface area contributed by atoms with Gasteiger partial charge in [-0.1, -0.05) is 48.9 Å². The standard InChI is InChI=1S/C22H27N3OS/c1-5-18(17-12-10-15(2)11-13-17)23-21(26)14-25(4)16(3)22-24-19-8-6-7-9-20(19)27-22/h6-13,16,18H,5,14H2,1-4H3,(H,23,26)/p+1/t16-,18+/m0/s1. The van der Waals surface area contributed by atoms with Crippen LogP contribution >= 0.6 is 11.3 Å². The quantitative estimate of drug-likeness (QED) is 0.657. The first-order valence-electron chi connectivity index (χ1n) is 9.51. The van der Waals surface area contributed by atoms with E-state index in [2.05, 4.69) is 63.5 Å². The van der Waals surface area contributed by atoms with E-state index in [4.69, 9.17) is 4.98 Å². The zero-order valence-corrected chi connectivity index (χ0v) is 17.3. The minimum atomic E-state index is 0.0589. The molecule has 2 N–H and O–H groups in total. The van der Waals surface area contributed by atoms with Crippen molar-refractivity contribution in [1.29, 1.82) is 0 Å². The smallest absolute Gasteiger partial charge is 0.275 e. The number of carbonyl (C=O) groups is 1. The first kappa shape index (κ1) is 19.5. The maximum atomic E-state index is 12.6. The molecule has 27 heavy (non-hydrogen) atoms. The number of amides is 1. The van der Waals surface area contributed by atoms with Crippen LogP contribution in [0.3, 0.4) is 0 Å². The highest BCUT2D eigenvalue weighted by molar-refractivity contribution is 7.18.